The number of ether oxygens (including phenoxy) is 2. The topological polar surface area (TPSA) is 164 Å². The molecule has 4 amide bonds. The maximum absolute atomic E-state index is 14.1. The fourth-order valence-electron chi connectivity index (χ4n) is 6.74. The number of nitrogens with two attached hydrogens (primary N) is 1. The zero-order valence-corrected chi connectivity index (χ0v) is 31.6. The number of amides is 4. The van der Waals surface area contributed by atoms with Crippen LogP contribution in [0.1, 0.15) is 92.7 Å². The number of likely N-dealkylation sites (N-methyl/N-ethyl adjacent to an activating group) is 1. The molecule has 8 unspecified atom stereocenters. The summed E-state index contributed by atoms with van der Waals surface area (Å²) in [5, 5.41) is 16.6. The van der Waals surface area contributed by atoms with E-state index in [0.29, 0.717) is 18.5 Å². The molecule has 12 heteroatoms. The number of aliphatic hydroxyl groups is 1. The molecule has 1 saturated heterocycles. The molecule has 0 aromatic heterocycles. The fraction of sp³-hybridized carbons (Fsp3) is 0.730. The molecule has 2 rings (SSSR count). The zero-order chi connectivity index (χ0) is 37.2. The van der Waals surface area contributed by atoms with E-state index in [0.717, 1.165) is 12.8 Å². The number of nitrogens with one attached hydrogen (secondary N) is 2. The molecule has 1 aliphatic heterocycles. The Balaban J connectivity index is 2.23. The van der Waals surface area contributed by atoms with Gasteiger partial charge in [0.25, 0.3) is 0 Å². The highest BCUT2D eigenvalue weighted by Crippen LogP contribution is 2.30. The number of likely N-dealkylation sites (tertiary alicyclic amines) is 1. The molecule has 278 valence electrons. The first kappa shape index (κ1) is 42.1. The molecule has 0 spiro atoms. The first-order valence-corrected chi connectivity index (χ1v) is 17.7. The average Bonchev–Trinajstić information content (AvgIpc) is 3.55. The highest BCUT2D eigenvalue weighted by atomic mass is 16.5. The largest absolute Gasteiger partial charge is 0.386 e. The van der Waals surface area contributed by atoms with E-state index >= 15 is 0 Å². The van der Waals surface area contributed by atoms with Gasteiger partial charge in [-0.1, -0.05) is 71.4 Å². The van der Waals surface area contributed by atoms with Crippen LogP contribution in [0, 0.1) is 17.8 Å². The van der Waals surface area contributed by atoms with Gasteiger partial charge in [0.15, 0.2) is 0 Å². The van der Waals surface area contributed by atoms with Crippen LogP contribution in [0.15, 0.2) is 30.3 Å². The third-order valence-electron chi connectivity index (χ3n) is 10.0. The van der Waals surface area contributed by atoms with Gasteiger partial charge in [0.05, 0.1) is 54.3 Å². The van der Waals surface area contributed by atoms with E-state index in [4.69, 9.17) is 15.2 Å². The van der Waals surface area contributed by atoms with Crippen LogP contribution in [0.5, 0.6) is 0 Å². The van der Waals surface area contributed by atoms with Gasteiger partial charge in [0.1, 0.15) is 6.04 Å². The molecule has 49 heavy (non-hydrogen) atoms. The lowest BCUT2D eigenvalue weighted by Gasteiger charge is -2.41. The van der Waals surface area contributed by atoms with Crippen LogP contribution in [-0.2, 0) is 28.7 Å². The molecule has 1 fully saturated rings. The molecule has 1 heterocycles. The van der Waals surface area contributed by atoms with Crippen molar-refractivity contribution in [3.63, 3.8) is 0 Å². The maximum Gasteiger partial charge on any atom is 0.245 e. The second-order valence-corrected chi connectivity index (χ2v) is 14.7. The minimum atomic E-state index is -1.16. The Labute approximate surface area is 293 Å². The van der Waals surface area contributed by atoms with Gasteiger partial charge in [0, 0.05) is 27.8 Å². The molecule has 0 bridgehead atoms. The Morgan fingerprint density at radius 2 is 1.65 bits per heavy atom. The van der Waals surface area contributed by atoms with Gasteiger partial charge in [0.2, 0.25) is 23.6 Å². The predicted octanol–water partition coefficient (Wildman–Crippen LogP) is 3.02. The summed E-state index contributed by atoms with van der Waals surface area (Å²) in [6.07, 6.45) is 0.0864. The van der Waals surface area contributed by atoms with Gasteiger partial charge in [-0.05, 0) is 51.0 Å². The lowest BCUT2D eigenvalue weighted by atomic mass is 9.89. The van der Waals surface area contributed by atoms with Crippen LogP contribution < -0.4 is 16.4 Å². The molecule has 0 aliphatic carbocycles. The van der Waals surface area contributed by atoms with Crippen LogP contribution in [0.2, 0.25) is 0 Å². The third-order valence-corrected chi connectivity index (χ3v) is 10.0. The average molecular weight is 690 g/mol. The first-order chi connectivity index (χ1) is 22.9. The van der Waals surface area contributed by atoms with Crippen molar-refractivity contribution in [3.05, 3.63) is 35.9 Å². The highest BCUT2D eigenvalue weighted by molar-refractivity contribution is 5.91. The van der Waals surface area contributed by atoms with Gasteiger partial charge in [-0.15, -0.1) is 0 Å². The number of carbonyl (C=O) groups excluding carboxylic acids is 4. The minimum absolute atomic E-state index is 0.0193. The van der Waals surface area contributed by atoms with Crippen molar-refractivity contribution in [2.24, 2.45) is 23.5 Å². The SMILES string of the molecule is CCC(C)C(C(CC(=O)N1CCC[C@H]1C(OC)C(C)C(=O)NC(C)C(O)c1ccccc1)OC)N(C)C(=O)C(NC(=O)C(C)(C)N)C(C)C. The first-order valence-electron chi connectivity index (χ1n) is 17.7. The molecule has 1 aromatic carbocycles. The Morgan fingerprint density at radius 1 is 1.04 bits per heavy atom. The predicted molar refractivity (Wildman–Crippen MR) is 190 cm³/mol. The van der Waals surface area contributed by atoms with Crippen LogP contribution in [0.4, 0.5) is 0 Å². The zero-order valence-electron chi connectivity index (χ0n) is 31.6. The van der Waals surface area contributed by atoms with E-state index in [1.165, 1.54) is 0 Å². The molecule has 0 saturated carbocycles. The fourth-order valence-corrected chi connectivity index (χ4v) is 6.74. The van der Waals surface area contributed by atoms with E-state index in [1.807, 2.05) is 58.0 Å². The Kier molecular flexibility index (Phi) is 16.2. The molecule has 12 nitrogen and oxygen atoms in total. The normalized spacial score (nSPS) is 20.0. The summed E-state index contributed by atoms with van der Waals surface area (Å²) in [4.78, 5) is 57.6. The van der Waals surface area contributed by atoms with Crippen molar-refractivity contribution >= 4 is 23.6 Å². The summed E-state index contributed by atoms with van der Waals surface area (Å²) in [7, 11) is 4.78. The summed E-state index contributed by atoms with van der Waals surface area (Å²) in [6.45, 7) is 15.0. The Morgan fingerprint density at radius 3 is 2.16 bits per heavy atom. The van der Waals surface area contributed by atoms with E-state index in [1.54, 1.807) is 58.8 Å². The van der Waals surface area contributed by atoms with Crippen LogP contribution in [0.25, 0.3) is 0 Å². The number of rotatable bonds is 18. The lowest BCUT2D eigenvalue weighted by Crippen LogP contribution is -2.60. The Bertz CT molecular complexity index is 1220. The minimum Gasteiger partial charge on any atom is -0.386 e. The summed E-state index contributed by atoms with van der Waals surface area (Å²) < 4.78 is 11.8. The molecule has 1 aromatic rings. The summed E-state index contributed by atoms with van der Waals surface area (Å²) in [5.74, 6) is -1.97. The van der Waals surface area contributed by atoms with Crippen LogP contribution in [0.3, 0.4) is 0 Å². The molecule has 0 radical (unpaired) electrons. The molecular formula is C37H63N5O7. The number of benzene rings is 1. The van der Waals surface area contributed by atoms with E-state index in [-0.39, 0.29) is 42.0 Å². The molecule has 9 atom stereocenters. The van der Waals surface area contributed by atoms with Crippen molar-refractivity contribution in [1.82, 2.24) is 20.4 Å². The summed E-state index contributed by atoms with van der Waals surface area (Å²) >= 11 is 0. The number of carbonyl (C=O) groups is 4. The number of aliphatic hydroxyl groups excluding tert-OH is 1. The lowest BCUT2D eigenvalue weighted by molar-refractivity contribution is -0.148. The molecule has 1 aliphatic rings. The number of hydrogen-bond acceptors (Lipinski definition) is 8. The van der Waals surface area contributed by atoms with Gasteiger partial charge in [-0.2, -0.15) is 0 Å². The second-order valence-electron chi connectivity index (χ2n) is 14.7. The van der Waals surface area contributed by atoms with Gasteiger partial charge < -0.3 is 40.7 Å². The summed E-state index contributed by atoms with van der Waals surface area (Å²) in [6, 6.07) is 7.01. The monoisotopic (exact) mass is 689 g/mol. The quantitative estimate of drug-likeness (QED) is 0.183. The number of methoxy groups -OCH3 is 2. The highest BCUT2D eigenvalue weighted by Gasteiger charge is 2.43. The number of nitrogens with zero attached hydrogens (tertiary/aromatic N) is 2. The van der Waals surface area contributed by atoms with E-state index < -0.39 is 53.8 Å². The van der Waals surface area contributed by atoms with Gasteiger partial charge in [-0.3, -0.25) is 19.2 Å². The number of hydrogen-bond donors (Lipinski definition) is 4. The summed E-state index contributed by atoms with van der Waals surface area (Å²) in [5.41, 5.74) is 5.56. The standard InChI is InChI=1S/C37H63N5O7/c1-12-23(4)31(41(9)35(46)30(22(2)3)40-36(47)37(7,8)38)28(48-10)21-29(43)42-20-16-19-27(42)33(49-11)24(5)34(45)39-25(6)32(44)26-17-14-13-15-18-26/h13-15,17-18,22-25,27-28,30-33,44H,12,16,19-21,38H2,1-11H3,(H,39,45)(H,40,47)/t23?,24?,25?,27-,28?,30?,31?,32?,33?/m0/s1. The van der Waals surface area contributed by atoms with Crippen molar-refractivity contribution in [2.45, 2.75) is 129 Å². The second kappa shape index (κ2) is 18.8. The Hall–Kier alpha value is -3.06. The third kappa shape index (κ3) is 11.0. The smallest absolute Gasteiger partial charge is 0.245 e. The van der Waals surface area contributed by atoms with E-state index in [2.05, 4.69) is 10.6 Å². The van der Waals surface area contributed by atoms with Crippen LogP contribution >= 0.6 is 0 Å². The van der Waals surface area contributed by atoms with Crippen LogP contribution in [-0.4, -0.2) is 108 Å². The van der Waals surface area contributed by atoms with Crippen molar-refractivity contribution in [1.29, 1.82) is 0 Å². The van der Waals surface area contributed by atoms with Crippen molar-refractivity contribution < 1.29 is 33.8 Å². The molecular weight excluding hydrogens is 626 g/mol. The maximum atomic E-state index is 14.1. The molecule has 5 N–H and O–H groups in total. The van der Waals surface area contributed by atoms with Gasteiger partial charge in [-0.25, -0.2) is 0 Å². The van der Waals surface area contributed by atoms with Crippen molar-refractivity contribution in [2.75, 3.05) is 27.8 Å². The van der Waals surface area contributed by atoms with Crippen molar-refractivity contribution in [3.8, 4) is 0 Å². The van der Waals surface area contributed by atoms with Gasteiger partial charge >= 0.3 is 0 Å². The van der Waals surface area contributed by atoms with E-state index in [9.17, 15) is 24.3 Å².